The van der Waals surface area contributed by atoms with E-state index < -0.39 is 11.0 Å². The number of nitro benzene ring substituents is 1. The first-order valence-electron chi connectivity index (χ1n) is 12.9. The first-order chi connectivity index (χ1) is 18.9. The summed E-state index contributed by atoms with van der Waals surface area (Å²) < 4.78 is 1.88. The van der Waals surface area contributed by atoms with Crippen LogP contribution in [0.5, 0.6) is 0 Å². The molecule has 0 saturated heterocycles. The molecule has 1 atom stereocenters. The molecular weight excluding hydrogens is 512 g/mol. The van der Waals surface area contributed by atoms with Crippen molar-refractivity contribution in [1.82, 2.24) is 25.4 Å². The normalized spacial score (nSPS) is 11.6. The van der Waals surface area contributed by atoms with Gasteiger partial charge in [-0.05, 0) is 36.6 Å². The number of thioether (sulfide) groups is 1. The van der Waals surface area contributed by atoms with E-state index in [1.807, 2.05) is 41.0 Å². The smallest absolute Gasteiger partial charge is 0.315 e. The number of nitrogens with one attached hydrogen (secondary N) is 2. The van der Waals surface area contributed by atoms with Crippen molar-refractivity contribution in [2.24, 2.45) is 0 Å². The Hall–Kier alpha value is -4.18. The fourth-order valence-corrected chi connectivity index (χ4v) is 5.06. The molecule has 1 unspecified atom stereocenters. The highest BCUT2D eigenvalue weighted by atomic mass is 32.2. The molecule has 0 saturated carbocycles. The van der Waals surface area contributed by atoms with E-state index in [1.54, 1.807) is 12.1 Å². The summed E-state index contributed by atoms with van der Waals surface area (Å²) in [6.07, 6.45) is 2.36. The molecule has 0 fully saturated rings. The summed E-state index contributed by atoms with van der Waals surface area (Å²) in [6.45, 7) is 4.70. The minimum Gasteiger partial charge on any atom is -0.338 e. The van der Waals surface area contributed by atoms with Gasteiger partial charge in [-0.3, -0.25) is 14.7 Å². The van der Waals surface area contributed by atoms with E-state index in [2.05, 4.69) is 52.9 Å². The van der Waals surface area contributed by atoms with Crippen molar-refractivity contribution in [3.63, 3.8) is 0 Å². The summed E-state index contributed by atoms with van der Waals surface area (Å²) in [4.78, 5) is 23.7. The maximum Gasteiger partial charge on any atom is 0.315 e. The first kappa shape index (κ1) is 27.8. The summed E-state index contributed by atoms with van der Waals surface area (Å²) in [5, 5.41) is 27.0. The van der Waals surface area contributed by atoms with Crippen LogP contribution in [-0.2, 0) is 12.2 Å². The maximum atomic E-state index is 12.8. The third-order valence-corrected chi connectivity index (χ3v) is 7.14. The van der Waals surface area contributed by atoms with Crippen molar-refractivity contribution in [3.05, 3.63) is 111 Å². The third-order valence-electron chi connectivity index (χ3n) is 6.14. The topological polar surface area (TPSA) is 115 Å². The zero-order chi connectivity index (χ0) is 27.6. The van der Waals surface area contributed by atoms with Gasteiger partial charge in [0.25, 0.3) is 5.69 Å². The lowest BCUT2D eigenvalue weighted by Gasteiger charge is -2.20. The Morgan fingerprint density at radius 3 is 2.46 bits per heavy atom. The number of unbranched alkanes of at least 4 members (excludes halogenated alkanes) is 1. The molecule has 39 heavy (non-hydrogen) atoms. The Labute approximate surface area is 232 Å². The van der Waals surface area contributed by atoms with Gasteiger partial charge in [0.15, 0.2) is 11.0 Å². The standard InChI is InChI=1S/C29H32N6O3S/c1-3-4-17-30-28(36)31-26(19-22-10-6-5-7-11-22)27-32-33-29(39-20-23-12-8-9-21(2)18-23)34(27)24-13-15-25(16-14-24)35(37)38/h5-16,18,26H,3-4,17,19-20H2,1-2H3,(H2,30,31,36). The monoisotopic (exact) mass is 544 g/mol. The summed E-state index contributed by atoms with van der Waals surface area (Å²) >= 11 is 1.52. The Bertz CT molecular complexity index is 1390. The molecule has 4 rings (SSSR count). The molecule has 1 heterocycles. The van der Waals surface area contributed by atoms with Crippen LogP contribution in [0.15, 0.2) is 84.0 Å². The molecule has 0 aliphatic heterocycles. The summed E-state index contributed by atoms with van der Waals surface area (Å²) in [7, 11) is 0. The van der Waals surface area contributed by atoms with E-state index in [-0.39, 0.29) is 11.7 Å². The first-order valence-corrected chi connectivity index (χ1v) is 13.9. The molecule has 202 valence electrons. The molecule has 0 bridgehead atoms. The molecule has 2 N–H and O–H groups in total. The van der Waals surface area contributed by atoms with Gasteiger partial charge in [0, 0.05) is 36.5 Å². The predicted molar refractivity (Wildman–Crippen MR) is 153 cm³/mol. The molecule has 1 aromatic heterocycles. The van der Waals surface area contributed by atoms with Crippen LogP contribution in [0.25, 0.3) is 5.69 Å². The summed E-state index contributed by atoms with van der Waals surface area (Å²) in [5.74, 6) is 1.21. The van der Waals surface area contributed by atoms with Crippen LogP contribution in [0.2, 0.25) is 0 Å². The number of aromatic nitrogens is 3. The zero-order valence-corrected chi connectivity index (χ0v) is 22.9. The van der Waals surface area contributed by atoms with Crippen LogP contribution in [0.1, 0.15) is 48.3 Å². The minimum absolute atomic E-state index is 0.00315. The molecule has 0 aliphatic carbocycles. The average molecular weight is 545 g/mol. The number of nitrogens with zero attached hydrogens (tertiary/aromatic N) is 4. The number of nitro groups is 1. The minimum atomic E-state index is -0.495. The maximum absolute atomic E-state index is 12.8. The van der Waals surface area contributed by atoms with Gasteiger partial charge in [-0.25, -0.2) is 4.79 Å². The molecule has 4 aromatic rings. The van der Waals surface area contributed by atoms with Crippen LogP contribution >= 0.6 is 11.8 Å². The number of benzene rings is 3. The van der Waals surface area contributed by atoms with E-state index in [4.69, 9.17) is 0 Å². The molecule has 3 aromatic carbocycles. The lowest BCUT2D eigenvalue weighted by molar-refractivity contribution is -0.384. The fourth-order valence-electron chi connectivity index (χ4n) is 4.16. The highest BCUT2D eigenvalue weighted by Gasteiger charge is 2.25. The molecular formula is C29H32N6O3S. The van der Waals surface area contributed by atoms with Crippen LogP contribution < -0.4 is 10.6 Å². The van der Waals surface area contributed by atoms with Crippen LogP contribution in [0.3, 0.4) is 0 Å². The number of rotatable bonds is 12. The Balaban J connectivity index is 1.71. The number of amides is 2. The van der Waals surface area contributed by atoms with E-state index in [0.717, 1.165) is 24.0 Å². The summed E-state index contributed by atoms with van der Waals surface area (Å²) in [6, 6.07) is 23.6. The molecule has 10 heteroatoms. The van der Waals surface area contributed by atoms with Gasteiger partial charge < -0.3 is 10.6 Å². The van der Waals surface area contributed by atoms with Crippen molar-refractivity contribution in [2.75, 3.05) is 6.54 Å². The molecule has 2 amide bonds. The van der Waals surface area contributed by atoms with Crippen molar-refractivity contribution < 1.29 is 9.72 Å². The van der Waals surface area contributed by atoms with E-state index in [9.17, 15) is 14.9 Å². The van der Waals surface area contributed by atoms with E-state index >= 15 is 0 Å². The predicted octanol–water partition coefficient (Wildman–Crippen LogP) is 6.16. The van der Waals surface area contributed by atoms with E-state index in [1.165, 1.54) is 29.5 Å². The van der Waals surface area contributed by atoms with Crippen molar-refractivity contribution in [3.8, 4) is 5.69 Å². The Morgan fingerprint density at radius 2 is 1.77 bits per heavy atom. The average Bonchev–Trinajstić information content (AvgIpc) is 3.36. The molecule has 0 aliphatic rings. The van der Waals surface area contributed by atoms with Gasteiger partial charge in [0.2, 0.25) is 0 Å². The number of carbonyl (C=O) groups is 1. The lowest BCUT2D eigenvalue weighted by atomic mass is 10.1. The highest BCUT2D eigenvalue weighted by molar-refractivity contribution is 7.98. The van der Waals surface area contributed by atoms with Crippen molar-refractivity contribution in [2.45, 2.75) is 50.1 Å². The summed E-state index contributed by atoms with van der Waals surface area (Å²) in [5.41, 5.74) is 4.03. The molecule has 9 nitrogen and oxygen atoms in total. The second-order valence-electron chi connectivity index (χ2n) is 9.22. The lowest BCUT2D eigenvalue weighted by Crippen LogP contribution is -2.40. The number of hydrogen-bond donors (Lipinski definition) is 2. The Morgan fingerprint density at radius 1 is 1.03 bits per heavy atom. The van der Waals surface area contributed by atoms with Gasteiger partial charge in [-0.1, -0.05) is 85.3 Å². The second kappa shape index (κ2) is 13.6. The second-order valence-corrected chi connectivity index (χ2v) is 10.2. The Kier molecular flexibility index (Phi) is 9.69. The third kappa shape index (κ3) is 7.67. The van der Waals surface area contributed by atoms with Crippen LogP contribution in [-0.4, -0.2) is 32.3 Å². The van der Waals surface area contributed by atoms with Gasteiger partial charge in [-0.2, -0.15) is 0 Å². The van der Waals surface area contributed by atoms with Gasteiger partial charge >= 0.3 is 6.03 Å². The van der Waals surface area contributed by atoms with Crippen molar-refractivity contribution >= 4 is 23.5 Å². The zero-order valence-electron chi connectivity index (χ0n) is 22.0. The SMILES string of the molecule is CCCCNC(=O)NC(Cc1ccccc1)c1nnc(SCc2cccc(C)c2)n1-c1ccc([N+](=O)[O-])cc1. The largest absolute Gasteiger partial charge is 0.338 e. The number of non-ortho nitro benzene ring substituents is 1. The van der Waals surface area contributed by atoms with Crippen molar-refractivity contribution in [1.29, 1.82) is 0 Å². The fraction of sp³-hybridized carbons (Fsp3) is 0.276. The van der Waals surface area contributed by atoms with Crippen LogP contribution in [0.4, 0.5) is 10.5 Å². The number of aryl methyl sites for hydroxylation is 1. The van der Waals surface area contributed by atoms with Crippen LogP contribution in [0, 0.1) is 17.0 Å². The van der Waals surface area contributed by atoms with Gasteiger partial charge in [0.1, 0.15) is 0 Å². The molecule has 0 radical (unpaired) electrons. The number of hydrogen-bond acceptors (Lipinski definition) is 6. The quantitative estimate of drug-likeness (QED) is 0.0955. The van der Waals surface area contributed by atoms with E-state index in [0.29, 0.717) is 35.4 Å². The molecule has 0 spiro atoms. The number of carbonyl (C=O) groups excluding carboxylic acids is 1. The number of urea groups is 1. The highest BCUT2D eigenvalue weighted by Crippen LogP contribution is 2.30. The van der Waals surface area contributed by atoms with Gasteiger partial charge in [0.05, 0.1) is 11.0 Å². The van der Waals surface area contributed by atoms with Gasteiger partial charge in [-0.15, -0.1) is 10.2 Å².